The summed E-state index contributed by atoms with van der Waals surface area (Å²) >= 11 is 1.58. The lowest BCUT2D eigenvalue weighted by molar-refractivity contribution is 0.418. The summed E-state index contributed by atoms with van der Waals surface area (Å²) in [5, 5.41) is 9.22. The quantitative estimate of drug-likeness (QED) is 0.784. The number of nitrogens with zero attached hydrogens (tertiary/aromatic N) is 3. The van der Waals surface area contributed by atoms with Crippen LogP contribution in [0.5, 0.6) is 0 Å². The van der Waals surface area contributed by atoms with E-state index in [1.807, 2.05) is 42.2 Å². The van der Waals surface area contributed by atoms with Crippen LogP contribution in [0.15, 0.2) is 39.7 Å². The molecule has 0 radical (unpaired) electrons. The van der Waals surface area contributed by atoms with Gasteiger partial charge in [0.2, 0.25) is 0 Å². The van der Waals surface area contributed by atoms with Crippen LogP contribution in [0.3, 0.4) is 0 Å². The van der Waals surface area contributed by atoms with Gasteiger partial charge >= 0.3 is 0 Å². The summed E-state index contributed by atoms with van der Waals surface area (Å²) in [7, 11) is 1.92. The highest BCUT2D eigenvalue weighted by molar-refractivity contribution is 7.07. The molecule has 0 bridgehead atoms. The molecular weight excluding hydrogens is 284 g/mol. The minimum atomic E-state index is 0.316. The normalized spacial score (nSPS) is 12.5. The Balaban J connectivity index is 1.86. The van der Waals surface area contributed by atoms with E-state index in [-0.39, 0.29) is 0 Å². The molecule has 1 aromatic carbocycles. The Hall–Kier alpha value is -2.05. The number of benzene rings is 1. The van der Waals surface area contributed by atoms with E-state index in [4.69, 9.17) is 4.52 Å². The van der Waals surface area contributed by atoms with Gasteiger partial charge in [0.25, 0.3) is 5.89 Å². The van der Waals surface area contributed by atoms with Gasteiger partial charge in [-0.05, 0) is 26.1 Å². The van der Waals surface area contributed by atoms with Crippen LogP contribution in [0.2, 0.25) is 0 Å². The van der Waals surface area contributed by atoms with Gasteiger partial charge in [-0.3, -0.25) is 0 Å². The van der Waals surface area contributed by atoms with Crippen molar-refractivity contribution in [2.45, 2.75) is 19.4 Å². The average molecular weight is 300 g/mol. The highest BCUT2D eigenvalue weighted by Crippen LogP contribution is 2.25. The third-order valence-corrected chi connectivity index (χ3v) is 3.87. The van der Waals surface area contributed by atoms with E-state index in [1.165, 1.54) is 0 Å². The second kappa shape index (κ2) is 6.15. The van der Waals surface area contributed by atoms with Crippen molar-refractivity contribution in [2.75, 3.05) is 7.05 Å². The highest BCUT2D eigenvalue weighted by Gasteiger charge is 2.12. The van der Waals surface area contributed by atoms with Gasteiger partial charge in [0.05, 0.1) is 11.2 Å². The van der Waals surface area contributed by atoms with E-state index in [2.05, 4.69) is 27.4 Å². The fraction of sp³-hybridized carbons (Fsp3) is 0.267. The Morgan fingerprint density at radius 2 is 2.19 bits per heavy atom. The standard InChI is InChI=1S/C15H16N4OS/c1-10(16-2)6-14-18-15(20-19-14)12-5-3-4-11(7-12)13-8-21-9-17-13/h3-5,7-10,16H,6H2,1-2H3. The van der Waals surface area contributed by atoms with Crippen LogP contribution in [0.1, 0.15) is 12.7 Å². The fourth-order valence-electron chi connectivity index (χ4n) is 2.00. The molecule has 0 amide bonds. The predicted octanol–water partition coefficient (Wildman–Crippen LogP) is 3.01. The van der Waals surface area contributed by atoms with Crippen LogP contribution < -0.4 is 5.32 Å². The molecule has 1 N–H and O–H groups in total. The SMILES string of the molecule is CNC(C)Cc1noc(-c2cccc(-c3cscn3)c2)n1. The van der Waals surface area contributed by atoms with E-state index in [0.717, 1.165) is 23.2 Å². The lowest BCUT2D eigenvalue weighted by atomic mass is 10.1. The van der Waals surface area contributed by atoms with Crippen LogP contribution in [-0.2, 0) is 6.42 Å². The summed E-state index contributed by atoms with van der Waals surface area (Å²) in [5.41, 5.74) is 4.75. The molecule has 21 heavy (non-hydrogen) atoms. The van der Waals surface area contributed by atoms with Gasteiger partial charge in [0.1, 0.15) is 0 Å². The van der Waals surface area contributed by atoms with Gasteiger partial charge in [-0.25, -0.2) is 4.98 Å². The van der Waals surface area contributed by atoms with Crippen LogP contribution >= 0.6 is 11.3 Å². The Morgan fingerprint density at radius 1 is 1.33 bits per heavy atom. The molecule has 6 heteroatoms. The van der Waals surface area contributed by atoms with E-state index in [9.17, 15) is 0 Å². The summed E-state index contributed by atoms with van der Waals surface area (Å²) in [6.45, 7) is 2.08. The van der Waals surface area contributed by atoms with Gasteiger partial charge in [0, 0.05) is 29.0 Å². The molecule has 0 fully saturated rings. The largest absolute Gasteiger partial charge is 0.334 e. The maximum Gasteiger partial charge on any atom is 0.257 e. The molecular formula is C15H16N4OS. The zero-order chi connectivity index (χ0) is 14.7. The minimum Gasteiger partial charge on any atom is -0.334 e. The first-order valence-electron chi connectivity index (χ1n) is 6.75. The number of likely N-dealkylation sites (N-methyl/N-ethyl adjacent to an activating group) is 1. The molecule has 5 nitrogen and oxygen atoms in total. The maximum atomic E-state index is 5.36. The van der Waals surface area contributed by atoms with Crippen molar-refractivity contribution in [3.8, 4) is 22.7 Å². The third kappa shape index (κ3) is 3.17. The molecule has 0 aliphatic heterocycles. The van der Waals surface area contributed by atoms with E-state index < -0.39 is 0 Å². The van der Waals surface area contributed by atoms with Crippen molar-refractivity contribution in [2.24, 2.45) is 0 Å². The predicted molar refractivity (Wildman–Crippen MR) is 83.1 cm³/mol. The molecule has 0 saturated carbocycles. The summed E-state index contributed by atoms with van der Waals surface area (Å²) in [5.74, 6) is 1.26. The third-order valence-electron chi connectivity index (χ3n) is 3.29. The number of nitrogens with one attached hydrogen (secondary N) is 1. The number of hydrogen-bond donors (Lipinski definition) is 1. The molecule has 0 aliphatic carbocycles. The van der Waals surface area contributed by atoms with Gasteiger partial charge in [-0.1, -0.05) is 17.3 Å². The Morgan fingerprint density at radius 3 is 2.95 bits per heavy atom. The van der Waals surface area contributed by atoms with Crippen molar-refractivity contribution in [1.82, 2.24) is 20.4 Å². The number of hydrogen-bond acceptors (Lipinski definition) is 6. The molecule has 0 saturated heterocycles. The molecule has 108 valence electrons. The van der Waals surface area contributed by atoms with Gasteiger partial charge < -0.3 is 9.84 Å². The molecule has 1 unspecified atom stereocenters. The van der Waals surface area contributed by atoms with Crippen LogP contribution in [-0.4, -0.2) is 28.2 Å². The summed E-state index contributed by atoms with van der Waals surface area (Å²) in [6, 6.07) is 8.31. The molecule has 2 aromatic heterocycles. The monoisotopic (exact) mass is 300 g/mol. The van der Waals surface area contributed by atoms with Crippen molar-refractivity contribution < 1.29 is 4.52 Å². The van der Waals surface area contributed by atoms with E-state index in [1.54, 1.807) is 11.3 Å². The molecule has 0 aliphatic rings. The Bertz CT molecular complexity index is 708. The average Bonchev–Trinajstić information content (AvgIpc) is 3.19. The number of aromatic nitrogens is 3. The minimum absolute atomic E-state index is 0.316. The van der Waals surface area contributed by atoms with E-state index >= 15 is 0 Å². The van der Waals surface area contributed by atoms with Crippen LogP contribution in [0, 0.1) is 0 Å². The highest BCUT2D eigenvalue weighted by atomic mass is 32.1. The van der Waals surface area contributed by atoms with Gasteiger partial charge in [-0.15, -0.1) is 11.3 Å². The lowest BCUT2D eigenvalue weighted by Crippen LogP contribution is -2.24. The Kier molecular flexibility index (Phi) is 4.08. The van der Waals surface area contributed by atoms with Crippen molar-refractivity contribution in [3.05, 3.63) is 41.0 Å². The number of rotatable bonds is 5. The van der Waals surface area contributed by atoms with Gasteiger partial charge in [-0.2, -0.15) is 4.98 Å². The molecule has 1 atom stereocenters. The summed E-state index contributed by atoms with van der Waals surface area (Å²) in [6.07, 6.45) is 0.742. The van der Waals surface area contributed by atoms with Crippen molar-refractivity contribution in [3.63, 3.8) is 0 Å². The number of thiazole rings is 1. The molecule has 3 rings (SSSR count). The first-order valence-corrected chi connectivity index (χ1v) is 7.69. The van der Waals surface area contributed by atoms with Gasteiger partial charge in [0.15, 0.2) is 5.82 Å². The first kappa shape index (κ1) is 13.9. The smallest absolute Gasteiger partial charge is 0.257 e. The molecule has 0 spiro atoms. The maximum absolute atomic E-state index is 5.36. The van der Waals surface area contributed by atoms with Crippen molar-refractivity contribution in [1.29, 1.82) is 0 Å². The zero-order valence-electron chi connectivity index (χ0n) is 11.9. The fourth-order valence-corrected chi connectivity index (χ4v) is 2.56. The molecule has 2 heterocycles. The Labute approximate surface area is 127 Å². The summed E-state index contributed by atoms with van der Waals surface area (Å²) < 4.78 is 5.36. The van der Waals surface area contributed by atoms with Crippen LogP contribution in [0.4, 0.5) is 0 Å². The van der Waals surface area contributed by atoms with E-state index in [0.29, 0.717) is 17.8 Å². The topological polar surface area (TPSA) is 63.8 Å². The lowest BCUT2D eigenvalue weighted by Gasteiger charge is -2.04. The first-order chi connectivity index (χ1) is 10.3. The second-order valence-corrected chi connectivity index (χ2v) is 5.58. The molecule has 3 aromatic rings. The van der Waals surface area contributed by atoms with Crippen molar-refractivity contribution >= 4 is 11.3 Å². The zero-order valence-corrected chi connectivity index (χ0v) is 12.7. The van der Waals surface area contributed by atoms with Crippen LogP contribution in [0.25, 0.3) is 22.7 Å². The second-order valence-electron chi connectivity index (χ2n) is 4.86. The summed E-state index contributed by atoms with van der Waals surface area (Å²) in [4.78, 5) is 8.78.